The van der Waals surface area contributed by atoms with Crippen LogP contribution in [-0.4, -0.2) is 30.6 Å². The van der Waals surface area contributed by atoms with Crippen LogP contribution in [0.25, 0.3) is 0 Å². The summed E-state index contributed by atoms with van der Waals surface area (Å²) >= 11 is 0. The Morgan fingerprint density at radius 1 is 1.05 bits per heavy atom. The highest BCUT2D eigenvalue weighted by atomic mass is 15.1. The fourth-order valence-corrected chi connectivity index (χ4v) is 2.83. The van der Waals surface area contributed by atoms with E-state index in [1.54, 1.807) is 0 Å². The molecule has 1 aromatic carbocycles. The Morgan fingerprint density at radius 2 is 1.68 bits per heavy atom. The second-order valence-corrected chi connectivity index (χ2v) is 5.67. The molecule has 106 valence electrons. The predicted octanol–water partition coefficient (Wildman–Crippen LogP) is 3.21. The smallest absolute Gasteiger partial charge is 0.0208 e. The third-order valence-corrected chi connectivity index (χ3v) is 4.15. The van der Waals surface area contributed by atoms with Crippen LogP contribution in [-0.2, 0) is 13.0 Å². The molecule has 2 nitrogen and oxygen atoms in total. The van der Waals surface area contributed by atoms with Gasteiger partial charge in [-0.15, -0.1) is 0 Å². The van der Waals surface area contributed by atoms with E-state index in [9.17, 15) is 0 Å². The molecule has 1 aliphatic rings. The van der Waals surface area contributed by atoms with Gasteiger partial charge in [0.2, 0.25) is 0 Å². The Morgan fingerprint density at radius 3 is 2.26 bits per heavy atom. The van der Waals surface area contributed by atoms with Gasteiger partial charge in [0.25, 0.3) is 0 Å². The van der Waals surface area contributed by atoms with Gasteiger partial charge < -0.3 is 10.2 Å². The molecule has 1 N–H and O–H groups in total. The fourth-order valence-electron chi connectivity index (χ4n) is 2.83. The van der Waals surface area contributed by atoms with Gasteiger partial charge in [-0.05, 0) is 56.4 Å². The molecule has 0 bridgehead atoms. The van der Waals surface area contributed by atoms with E-state index in [0.717, 1.165) is 13.0 Å². The molecule has 1 fully saturated rings. The summed E-state index contributed by atoms with van der Waals surface area (Å²) in [5, 5.41) is 3.71. The van der Waals surface area contributed by atoms with Crippen molar-refractivity contribution in [1.29, 1.82) is 0 Å². The predicted molar refractivity (Wildman–Crippen MR) is 82.4 cm³/mol. The van der Waals surface area contributed by atoms with E-state index in [1.807, 2.05) is 0 Å². The third kappa shape index (κ3) is 4.63. The average molecular weight is 260 g/mol. The van der Waals surface area contributed by atoms with Gasteiger partial charge in [0.15, 0.2) is 0 Å². The Balaban J connectivity index is 1.71. The van der Waals surface area contributed by atoms with Gasteiger partial charge in [0.05, 0.1) is 0 Å². The summed E-state index contributed by atoms with van der Waals surface area (Å²) in [4.78, 5) is 2.59. The van der Waals surface area contributed by atoms with E-state index in [4.69, 9.17) is 0 Å². The topological polar surface area (TPSA) is 15.3 Å². The summed E-state index contributed by atoms with van der Waals surface area (Å²) in [5.74, 6) is 0. The van der Waals surface area contributed by atoms with Crippen molar-refractivity contribution in [2.75, 3.05) is 19.6 Å². The Hall–Kier alpha value is -0.860. The molecular formula is C17H28N2. The maximum atomic E-state index is 3.71. The van der Waals surface area contributed by atoms with Crippen LogP contribution in [0.2, 0.25) is 0 Å². The lowest BCUT2D eigenvalue weighted by atomic mass is 10.0. The SMILES string of the molecule is CCCN1CCC(NCc2ccc(CC)cc2)CC1. The quantitative estimate of drug-likeness (QED) is 0.845. The fraction of sp³-hybridized carbons (Fsp3) is 0.647. The molecule has 0 aliphatic carbocycles. The van der Waals surface area contributed by atoms with Crippen LogP contribution in [0.15, 0.2) is 24.3 Å². The van der Waals surface area contributed by atoms with Crippen molar-refractivity contribution in [3.63, 3.8) is 0 Å². The Bertz CT molecular complexity index is 350. The molecule has 1 heterocycles. The Labute approximate surface area is 118 Å². The molecular weight excluding hydrogens is 232 g/mol. The molecule has 0 aromatic heterocycles. The van der Waals surface area contributed by atoms with Crippen LogP contribution in [0.1, 0.15) is 44.2 Å². The summed E-state index contributed by atoms with van der Waals surface area (Å²) in [7, 11) is 0. The summed E-state index contributed by atoms with van der Waals surface area (Å²) in [6.45, 7) is 9.29. The van der Waals surface area contributed by atoms with Gasteiger partial charge in [0.1, 0.15) is 0 Å². The highest BCUT2D eigenvalue weighted by Crippen LogP contribution is 2.12. The molecule has 0 saturated carbocycles. The standard InChI is InChI=1S/C17H28N2/c1-3-11-19-12-9-17(10-13-19)18-14-16-7-5-15(4-2)6-8-16/h5-8,17-18H,3-4,9-14H2,1-2H3. The number of nitrogens with zero attached hydrogens (tertiary/aromatic N) is 1. The molecule has 1 aliphatic heterocycles. The van der Waals surface area contributed by atoms with Crippen molar-refractivity contribution in [3.05, 3.63) is 35.4 Å². The number of aryl methyl sites for hydroxylation is 1. The molecule has 0 atom stereocenters. The zero-order valence-corrected chi connectivity index (χ0v) is 12.5. The van der Waals surface area contributed by atoms with Crippen molar-refractivity contribution in [2.24, 2.45) is 0 Å². The molecule has 19 heavy (non-hydrogen) atoms. The molecule has 0 radical (unpaired) electrons. The number of benzene rings is 1. The molecule has 1 saturated heterocycles. The van der Waals surface area contributed by atoms with Crippen molar-refractivity contribution < 1.29 is 0 Å². The van der Waals surface area contributed by atoms with Crippen molar-refractivity contribution in [3.8, 4) is 0 Å². The van der Waals surface area contributed by atoms with E-state index in [0.29, 0.717) is 6.04 Å². The van der Waals surface area contributed by atoms with E-state index in [1.165, 1.54) is 50.0 Å². The van der Waals surface area contributed by atoms with Crippen molar-refractivity contribution >= 4 is 0 Å². The largest absolute Gasteiger partial charge is 0.310 e. The van der Waals surface area contributed by atoms with Crippen LogP contribution in [0.5, 0.6) is 0 Å². The first-order valence-electron chi connectivity index (χ1n) is 7.85. The zero-order valence-electron chi connectivity index (χ0n) is 12.5. The summed E-state index contributed by atoms with van der Waals surface area (Å²) in [6.07, 6.45) is 5.01. The molecule has 2 heteroatoms. The van der Waals surface area contributed by atoms with E-state index >= 15 is 0 Å². The van der Waals surface area contributed by atoms with Gasteiger partial charge in [-0.25, -0.2) is 0 Å². The number of hydrogen-bond acceptors (Lipinski definition) is 2. The maximum Gasteiger partial charge on any atom is 0.0208 e. The second-order valence-electron chi connectivity index (χ2n) is 5.67. The van der Waals surface area contributed by atoms with Gasteiger partial charge >= 0.3 is 0 Å². The minimum absolute atomic E-state index is 0.707. The first-order chi connectivity index (χ1) is 9.31. The van der Waals surface area contributed by atoms with Crippen molar-refractivity contribution in [2.45, 2.75) is 52.1 Å². The van der Waals surface area contributed by atoms with Crippen LogP contribution in [0.4, 0.5) is 0 Å². The average Bonchev–Trinajstić information content (AvgIpc) is 2.47. The highest BCUT2D eigenvalue weighted by molar-refractivity contribution is 5.22. The molecule has 0 unspecified atom stereocenters. The van der Waals surface area contributed by atoms with Crippen LogP contribution < -0.4 is 5.32 Å². The van der Waals surface area contributed by atoms with Gasteiger partial charge in [-0.2, -0.15) is 0 Å². The first kappa shape index (κ1) is 14.5. The number of piperidine rings is 1. The molecule has 1 aromatic rings. The molecule has 2 rings (SSSR count). The second kappa shape index (κ2) is 7.66. The minimum atomic E-state index is 0.707. The van der Waals surface area contributed by atoms with E-state index < -0.39 is 0 Å². The van der Waals surface area contributed by atoms with E-state index in [-0.39, 0.29) is 0 Å². The Kier molecular flexibility index (Phi) is 5.87. The zero-order chi connectivity index (χ0) is 13.5. The lowest BCUT2D eigenvalue weighted by Gasteiger charge is -2.32. The van der Waals surface area contributed by atoms with Gasteiger partial charge in [-0.1, -0.05) is 38.1 Å². The van der Waals surface area contributed by atoms with Crippen LogP contribution in [0, 0.1) is 0 Å². The normalized spacial score (nSPS) is 17.8. The highest BCUT2D eigenvalue weighted by Gasteiger charge is 2.17. The number of likely N-dealkylation sites (tertiary alicyclic amines) is 1. The summed E-state index contributed by atoms with van der Waals surface area (Å²) < 4.78 is 0. The molecule has 0 spiro atoms. The minimum Gasteiger partial charge on any atom is -0.310 e. The van der Waals surface area contributed by atoms with Gasteiger partial charge in [0, 0.05) is 12.6 Å². The van der Waals surface area contributed by atoms with Crippen molar-refractivity contribution in [1.82, 2.24) is 10.2 Å². The first-order valence-corrected chi connectivity index (χ1v) is 7.85. The van der Waals surface area contributed by atoms with Crippen LogP contribution in [0.3, 0.4) is 0 Å². The maximum absolute atomic E-state index is 3.71. The lowest BCUT2D eigenvalue weighted by Crippen LogP contribution is -2.42. The van der Waals surface area contributed by atoms with Gasteiger partial charge in [-0.3, -0.25) is 0 Å². The van der Waals surface area contributed by atoms with Crippen LogP contribution >= 0.6 is 0 Å². The van der Waals surface area contributed by atoms with E-state index in [2.05, 4.69) is 48.3 Å². The summed E-state index contributed by atoms with van der Waals surface area (Å²) in [5.41, 5.74) is 2.84. The monoisotopic (exact) mass is 260 g/mol. The number of nitrogens with one attached hydrogen (secondary N) is 1. The third-order valence-electron chi connectivity index (χ3n) is 4.15. The number of hydrogen-bond donors (Lipinski definition) is 1. The lowest BCUT2D eigenvalue weighted by molar-refractivity contribution is 0.197. The molecule has 0 amide bonds. The summed E-state index contributed by atoms with van der Waals surface area (Å²) in [6, 6.07) is 9.73. The number of rotatable bonds is 6.